The van der Waals surface area contributed by atoms with Crippen molar-refractivity contribution in [2.45, 2.75) is 59.8 Å². The number of piperazine rings is 1. The fourth-order valence-corrected chi connectivity index (χ4v) is 4.73. The van der Waals surface area contributed by atoms with Gasteiger partial charge < -0.3 is 9.80 Å². The number of rotatable bonds is 4. The molecule has 0 atom stereocenters. The molecule has 7 heteroatoms. The summed E-state index contributed by atoms with van der Waals surface area (Å²) in [5, 5.41) is 0. The summed E-state index contributed by atoms with van der Waals surface area (Å²) in [5.74, 6) is 2.39. The lowest BCUT2D eigenvalue weighted by atomic mass is 10.0. The first-order chi connectivity index (χ1) is 17.3. The Labute approximate surface area is 215 Å². The van der Waals surface area contributed by atoms with Gasteiger partial charge in [-0.3, -0.25) is 9.79 Å². The van der Waals surface area contributed by atoms with Gasteiger partial charge in [0.25, 0.3) is 0 Å². The molecule has 4 rings (SSSR count). The number of benzene rings is 1. The van der Waals surface area contributed by atoms with E-state index >= 15 is 0 Å². The summed E-state index contributed by atoms with van der Waals surface area (Å²) in [5.41, 5.74) is 3.90. The lowest BCUT2D eigenvalue weighted by molar-refractivity contribution is -0.131. The Kier molecular flexibility index (Phi) is 10.1. The largest absolute Gasteiger partial charge is 0.353 e. The van der Waals surface area contributed by atoms with E-state index in [1.165, 1.54) is 37.3 Å². The fourth-order valence-electron chi connectivity index (χ4n) is 4.73. The van der Waals surface area contributed by atoms with E-state index in [2.05, 4.69) is 39.8 Å². The maximum Gasteiger partial charge on any atom is 0.222 e. The number of aryl methyl sites for hydroxylation is 2. The highest BCUT2D eigenvalue weighted by molar-refractivity contribution is 6.07. The van der Waals surface area contributed by atoms with Gasteiger partial charge in [0, 0.05) is 57.1 Å². The molecule has 0 unspecified atom stereocenters. The Morgan fingerprint density at radius 3 is 2.36 bits per heavy atom. The highest BCUT2D eigenvalue weighted by atomic mass is 19.1. The third kappa shape index (κ3) is 7.45. The quantitative estimate of drug-likeness (QED) is 0.411. The van der Waals surface area contributed by atoms with Gasteiger partial charge in [-0.05, 0) is 81.0 Å². The number of hydrogen-bond donors (Lipinski definition) is 0. The molecule has 1 aromatic carbocycles. The van der Waals surface area contributed by atoms with Crippen molar-refractivity contribution in [2.24, 2.45) is 15.9 Å². The van der Waals surface area contributed by atoms with Crippen molar-refractivity contribution >= 4 is 23.3 Å². The lowest BCUT2D eigenvalue weighted by Crippen LogP contribution is -2.48. The first-order valence-electron chi connectivity index (χ1n) is 13.1. The van der Waals surface area contributed by atoms with Crippen LogP contribution in [-0.4, -0.2) is 60.6 Å². The summed E-state index contributed by atoms with van der Waals surface area (Å²) in [7, 11) is 1.74. The van der Waals surface area contributed by atoms with Gasteiger partial charge in [-0.15, -0.1) is 0 Å². The van der Waals surface area contributed by atoms with E-state index in [1.807, 2.05) is 30.2 Å². The molecule has 1 aromatic heterocycles. The Balaban J connectivity index is 0.000000202. The van der Waals surface area contributed by atoms with Crippen molar-refractivity contribution in [2.75, 3.05) is 38.1 Å². The molecule has 0 radical (unpaired) electrons. The first kappa shape index (κ1) is 27.5. The van der Waals surface area contributed by atoms with Gasteiger partial charge in [0.2, 0.25) is 5.91 Å². The molecule has 1 aliphatic carbocycles. The number of pyridine rings is 1. The predicted molar refractivity (Wildman–Crippen MR) is 147 cm³/mol. The summed E-state index contributed by atoms with van der Waals surface area (Å²) in [6.07, 6.45) is 7.50. The normalized spacial score (nSPS) is 17.2. The van der Waals surface area contributed by atoms with E-state index in [-0.39, 0.29) is 11.7 Å². The Bertz CT molecular complexity index is 1080. The van der Waals surface area contributed by atoms with Crippen molar-refractivity contribution in [1.82, 2.24) is 9.88 Å². The number of hydrogen-bond acceptors (Lipinski definition) is 4. The van der Waals surface area contributed by atoms with Crippen LogP contribution in [0.5, 0.6) is 0 Å². The molecule has 2 fully saturated rings. The number of amides is 1. The molecule has 194 valence electrons. The molecule has 2 aromatic rings. The zero-order valence-corrected chi connectivity index (χ0v) is 22.4. The molecule has 2 heterocycles. The van der Waals surface area contributed by atoms with Crippen LogP contribution in [0.3, 0.4) is 0 Å². The number of carbonyl (C=O) groups excluding carboxylic acids is 1. The zero-order chi connectivity index (χ0) is 26.1. The number of carbonyl (C=O) groups is 1. The molecule has 1 saturated heterocycles. The van der Waals surface area contributed by atoms with Gasteiger partial charge in [0.05, 0.1) is 0 Å². The maximum atomic E-state index is 13.3. The van der Waals surface area contributed by atoms with Crippen molar-refractivity contribution in [3.63, 3.8) is 0 Å². The number of anilines is 1. The molecule has 36 heavy (non-hydrogen) atoms. The average Bonchev–Trinajstić information content (AvgIpc) is 3.44. The molecule has 6 nitrogen and oxygen atoms in total. The maximum absolute atomic E-state index is 13.3. The number of nitrogens with zero attached hydrogens (tertiary/aromatic N) is 5. The molecule has 1 aliphatic heterocycles. The number of aliphatic imine (C=N–C) groups is 2. The van der Waals surface area contributed by atoms with Crippen LogP contribution >= 0.6 is 0 Å². The van der Waals surface area contributed by atoms with Crippen LogP contribution in [0.25, 0.3) is 0 Å². The van der Waals surface area contributed by atoms with Crippen molar-refractivity contribution < 1.29 is 9.18 Å². The standard InChI is InChI=1S/C16H21FN2.C13H19N3O/c1-11-10-14(8-9-15(11)17)16(18-3)19-12(2)13-6-4-5-7-13;1-3-13(17)16-8-6-15(7-9-16)12-10-11(2)4-5-14-12/h8-10,13H,4-7H2,1-3H3;4-5,10H,3,6-9H2,1-2H3. The second-order valence-corrected chi connectivity index (χ2v) is 9.66. The van der Waals surface area contributed by atoms with E-state index in [1.54, 1.807) is 20.0 Å². The predicted octanol–water partition coefficient (Wildman–Crippen LogP) is 5.61. The fraction of sp³-hybridized carbons (Fsp3) is 0.517. The summed E-state index contributed by atoms with van der Waals surface area (Å²) >= 11 is 0. The second kappa shape index (κ2) is 13.3. The minimum atomic E-state index is -0.185. The Morgan fingerprint density at radius 2 is 1.78 bits per heavy atom. The van der Waals surface area contributed by atoms with Gasteiger partial charge in [0.1, 0.15) is 11.6 Å². The van der Waals surface area contributed by atoms with Crippen LogP contribution in [0.4, 0.5) is 10.2 Å². The van der Waals surface area contributed by atoms with Crippen LogP contribution in [0.15, 0.2) is 46.5 Å². The van der Waals surface area contributed by atoms with Crippen LogP contribution in [-0.2, 0) is 4.79 Å². The topological polar surface area (TPSA) is 61.2 Å². The van der Waals surface area contributed by atoms with Gasteiger partial charge in [0.15, 0.2) is 5.84 Å². The van der Waals surface area contributed by atoms with Crippen molar-refractivity contribution in [3.05, 3.63) is 59.0 Å². The van der Waals surface area contributed by atoms with Crippen molar-refractivity contribution in [1.29, 1.82) is 0 Å². The summed E-state index contributed by atoms with van der Waals surface area (Å²) < 4.78 is 13.3. The van der Waals surface area contributed by atoms with E-state index in [0.29, 0.717) is 23.7 Å². The second-order valence-electron chi connectivity index (χ2n) is 9.66. The van der Waals surface area contributed by atoms with Crippen LogP contribution in [0.2, 0.25) is 0 Å². The number of aromatic nitrogens is 1. The summed E-state index contributed by atoms with van der Waals surface area (Å²) in [6, 6.07) is 9.13. The summed E-state index contributed by atoms with van der Waals surface area (Å²) in [4.78, 5) is 29.0. The van der Waals surface area contributed by atoms with Crippen molar-refractivity contribution in [3.8, 4) is 0 Å². The highest BCUT2D eigenvalue weighted by Gasteiger charge is 2.21. The van der Waals surface area contributed by atoms with Crippen LogP contribution in [0.1, 0.15) is 62.6 Å². The average molecular weight is 494 g/mol. The molecular formula is C29H40FN5O. The smallest absolute Gasteiger partial charge is 0.222 e. The van der Waals surface area contributed by atoms with Gasteiger partial charge in [-0.25, -0.2) is 14.4 Å². The lowest BCUT2D eigenvalue weighted by Gasteiger charge is -2.35. The van der Waals surface area contributed by atoms with Crippen LogP contribution < -0.4 is 4.90 Å². The molecule has 1 amide bonds. The zero-order valence-electron chi connectivity index (χ0n) is 22.4. The minimum absolute atomic E-state index is 0.185. The molecule has 0 bridgehead atoms. The first-order valence-corrected chi connectivity index (χ1v) is 13.1. The van der Waals surface area contributed by atoms with Gasteiger partial charge >= 0.3 is 0 Å². The monoisotopic (exact) mass is 493 g/mol. The third-order valence-corrected chi connectivity index (χ3v) is 7.02. The van der Waals surface area contributed by atoms with E-state index in [4.69, 9.17) is 0 Å². The van der Waals surface area contributed by atoms with E-state index in [0.717, 1.165) is 43.3 Å². The molecular weight excluding hydrogens is 453 g/mol. The Morgan fingerprint density at radius 1 is 1.08 bits per heavy atom. The van der Waals surface area contributed by atoms with E-state index in [9.17, 15) is 9.18 Å². The Hall–Kier alpha value is -3.09. The molecule has 0 N–H and O–H groups in total. The molecule has 0 spiro atoms. The number of halogens is 1. The SMILES string of the molecule is CCC(=O)N1CCN(c2cc(C)ccn2)CC1.CN=C(N=C(C)C1CCCC1)c1ccc(F)c(C)c1. The molecule has 2 aliphatic rings. The minimum Gasteiger partial charge on any atom is -0.353 e. The highest BCUT2D eigenvalue weighted by Crippen LogP contribution is 2.26. The third-order valence-electron chi connectivity index (χ3n) is 7.02. The van der Waals surface area contributed by atoms with E-state index < -0.39 is 0 Å². The van der Waals surface area contributed by atoms with Gasteiger partial charge in [-0.1, -0.05) is 19.8 Å². The van der Waals surface area contributed by atoms with Crippen LogP contribution in [0, 0.1) is 25.6 Å². The van der Waals surface area contributed by atoms with Gasteiger partial charge in [-0.2, -0.15) is 0 Å². The summed E-state index contributed by atoms with van der Waals surface area (Å²) in [6.45, 7) is 11.2. The number of amidine groups is 1. The molecule has 1 saturated carbocycles.